The maximum Gasteiger partial charge on any atom is 0.391 e. The molecule has 0 rings (SSSR count). The van der Waals surface area contributed by atoms with E-state index in [9.17, 15) is 40.7 Å². The molecule has 0 aromatic rings. The standard InChI is InChI=1S/C23H36F6O7/c1-15(30)35-19(11-7-5-9-17(33-3)13-22(24,25)26)21(32)20(36-16(2)31)12-8-6-10-18(34-4)14-23(27,28)29/h17-20H,5-14H2,1-4H3/t17?,18?,19-,20-/m0/s1. The Morgan fingerprint density at radius 1 is 0.611 bits per heavy atom. The summed E-state index contributed by atoms with van der Waals surface area (Å²) in [5, 5.41) is 0. The Kier molecular flexibility index (Phi) is 15.9. The number of hydrogen-bond acceptors (Lipinski definition) is 7. The van der Waals surface area contributed by atoms with Crippen molar-refractivity contribution in [2.75, 3.05) is 14.2 Å². The highest BCUT2D eigenvalue weighted by molar-refractivity contribution is 5.90. The molecule has 0 bridgehead atoms. The van der Waals surface area contributed by atoms with Crippen LogP contribution in [-0.2, 0) is 33.3 Å². The summed E-state index contributed by atoms with van der Waals surface area (Å²) >= 11 is 0. The van der Waals surface area contributed by atoms with Gasteiger partial charge >= 0.3 is 24.3 Å². The van der Waals surface area contributed by atoms with Gasteiger partial charge in [0.1, 0.15) is 0 Å². The number of rotatable bonds is 18. The Bertz CT molecular complexity index is 612. The topological polar surface area (TPSA) is 88.1 Å². The van der Waals surface area contributed by atoms with Gasteiger partial charge in [0, 0.05) is 28.1 Å². The number of esters is 2. The zero-order valence-electron chi connectivity index (χ0n) is 21.0. The van der Waals surface area contributed by atoms with Crippen molar-refractivity contribution in [3.8, 4) is 0 Å². The summed E-state index contributed by atoms with van der Waals surface area (Å²) in [4.78, 5) is 36.0. The van der Waals surface area contributed by atoms with Crippen LogP contribution in [-0.4, -0.2) is 68.7 Å². The maximum atomic E-state index is 13.0. The minimum Gasteiger partial charge on any atom is -0.454 e. The Labute approximate surface area is 207 Å². The average molecular weight is 539 g/mol. The second kappa shape index (κ2) is 16.8. The normalized spacial score (nSPS) is 15.6. The molecule has 4 atom stereocenters. The first-order valence-corrected chi connectivity index (χ1v) is 11.6. The van der Waals surface area contributed by atoms with Crippen molar-refractivity contribution in [2.45, 2.75) is 115 Å². The molecule has 2 unspecified atom stereocenters. The van der Waals surface area contributed by atoms with Crippen molar-refractivity contribution in [1.29, 1.82) is 0 Å². The number of alkyl halides is 6. The van der Waals surface area contributed by atoms with E-state index in [1.807, 2.05) is 0 Å². The van der Waals surface area contributed by atoms with Crippen molar-refractivity contribution in [2.24, 2.45) is 0 Å². The van der Waals surface area contributed by atoms with Gasteiger partial charge in [-0.15, -0.1) is 0 Å². The second-order valence-corrected chi connectivity index (χ2v) is 8.52. The van der Waals surface area contributed by atoms with Crippen LogP contribution in [0.15, 0.2) is 0 Å². The number of carbonyl (C=O) groups excluding carboxylic acids is 3. The van der Waals surface area contributed by atoms with E-state index in [2.05, 4.69) is 0 Å². The van der Waals surface area contributed by atoms with Gasteiger partial charge in [-0.25, -0.2) is 0 Å². The molecule has 212 valence electrons. The minimum atomic E-state index is -4.38. The summed E-state index contributed by atoms with van der Waals surface area (Å²) < 4.78 is 95.1. The van der Waals surface area contributed by atoms with Gasteiger partial charge in [0.2, 0.25) is 5.78 Å². The third-order valence-corrected chi connectivity index (χ3v) is 5.32. The van der Waals surface area contributed by atoms with Crippen LogP contribution in [0.2, 0.25) is 0 Å². The molecular weight excluding hydrogens is 502 g/mol. The summed E-state index contributed by atoms with van der Waals surface area (Å²) in [6, 6.07) is 0. The number of ketones is 1. The number of Topliss-reactive ketones (excluding diaryl/α,β-unsaturated/α-hetero) is 1. The molecule has 0 N–H and O–H groups in total. The second-order valence-electron chi connectivity index (χ2n) is 8.52. The molecule has 13 heteroatoms. The first-order chi connectivity index (χ1) is 16.6. The van der Waals surface area contributed by atoms with Crippen molar-refractivity contribution in [3.63, 3.8) is 0 Å². The molecule has 0 aromatic carbocycles. The molecule has 0 aliphatic rings. The lowest BCUT2D eigenvalue weighted by atomic mass is 9.97. The number of hydrogen-bond donors (Lipinski definition) is 0. The van der Waals surface area contributed by atoms with Crippen LogP contribution in [0.1, 0.15) is 78.1 Å². The molecule has 0 spiro atoms. The summed E-state index contributed by atoms with van der Waals surface area (Å²) in [5.74, 6) is -2.23. The molecule has 0 aromatic heterocycles. The SMILES string of the molecule is COC(CCCC[C@H](OC(C)=O)C(=O)[C@H](CCCCC(CC(F)(F)F)OC)OC(C)=O)CC(F)(F)F. The fraction of sp³-hybridized carbons (Fsp3) is 0.870. The first-order valence-electron chi connectivity index (χ1n) is 11.6. The lowest BCUT2D eigenvalue weighted by Gasteiger charge is -2.23. The molecule has 0 aliphatic carbocycles. The minimum absolute atomic E-state index is 0.00401. The lowest BCUT2D eigenvalue weighted by Crippen LogP contribution is -2.38. The number of carbonyl (C=O) groups is 3. The molecule has 0 saturated carbocycles. The van der Waals surface area contributed by atoms with Crippen molar-refractivity contribution in [1.82, 2.24) is 0 Å². The van der Waals surface area contributed by atoms with E-state index in [-0.39, 0.29) is 51.4 Å². The molecule has 0 fully saturated rings. The third-order valence-electron chi connectivity index (χ3n) is 5.32. The highest BCUT2D eigenvalue weighted by atomic mass is 19.4. The highest BCUT2D eigenvalue weighted by Crippen LogP contribution is 2.27. The van der Waals surface area contributed by atoms with Crippen LogP contribution in [0.3, 0.4) is 0 Å². The van der Waals surface area contributed by atoms with Gasteiger partial charge in [-0.1, -0.05) is 12.8 Å². The molecule has 0 aliphatic heterocycles. The molecule has 0 saturated heterocycles. The molecule has 36 heavy (non-hydrogen) atoms. The fourth-order valence-corrected chi connectivity index (χ4v) is 3.65. The van der Waals surface area contributed by atoms with E-state index in [0.29, 0.717) is 0 Å². The smallest absolute Gasteiger partial charge is 0.391 e. The highest BCUT2D eigenvalue weighted by Gasteiger charge is 2.34. The van der Waals surface area contributed by atoms with Crippen LogP contribution in [0.4, 0.5) is 26.3 Å². The molecule has 7 nitrogen and oxygen atoms in total. The lowest BCUT2D eigenvalue weighted by molar-refractivity contribution is -0.164. The van der Waals surface area contributed by atoms with Crippen molar-refractivity contribution >= 4 is 17.7 Å². The summed E-state index contributed by atoms with van der Waals surface area (Å²) in [6.07, 6.45) is -14.5. The zero-order chi connectivity index (χ0) is 27.9. The fourth-order valence-electron chi connectivity index (χ4n) is 3.65. The van der Waals surface area contributed by atoms with E-state index in [1.54, 1.807) is 0 Å². The van der Waals surface area contributed by atoms with E-state index >= 15 is 0 Å². The number of methoxy groups -OCH3 is 2. The Balaban J connectivity index is 4.99. The van der Waals surface area contributed by atoms with Crippen molar-refractivity contribution < 1.29 is 59.7 Å². The van der Waals surface area contributed by atoms with Crippen LogP contribution < -0.4 is 0 Å². The van der Waals surface area contributed by atoms with Crippen LogP contribution in [0, 0.1) is 0 Å². The number of unbranched alkanes of at least 4 members (excludes halogenated alkanes) is 2. The average Bonchev–Trinajstić information content (AvgIpc) is 2.73. The number of ether oxygens (including phenoxy) is 4. The van der Waals surface area contributed by atoms with Crippen molar-refractivity contribution in [3.05, 3.63) is 0 Å². The Hall–Kier alpha value is -1.89. The van der Waals surface area contributed by atoms with Gasteiger partial charge < -0.3 is 18.9 Å². The van der Waals surface area contributed by atoms with Gasteiger partial charge in [-0.3, -0.25) is 14.4 Å². The van der Waals surface area contributed by atoms with Crippen LogP contribution >= 0.6 is 0 Å². The van der Waals surface area contributed by atoms with Gasteiger partial charge in [-0.2, -0.15) is 26.3 Å². The van der Waals surface area contributed by atoms with Gasteiger partial charge in [0.25, 0.3) is 0 Å². The van der Waals surface area contributed by atoms with Gasteiger partial charge in [0.15, 0.2) is 12.2 Å². The van der Waals surface area contributed by atoms with Gasteiger partial charge in [0.05, 0.1) is 25.0 Å². The largest absolute Gasteiger partial charge is 0.454 e. The predicted octanol–water partition coefficient (Wildman–Crippen LogP) is 5.47. The van der Waals surface area contributed by atoms with E-state index < -0.39 is 67.3 Å². The molecule has 0 heterocycles. The number of halogens is 6. The zero-order valence-corrected chi connectivity index (χ0v) is 21.0. The van der Waals surface area contributed by atoms with E-state index in [0.717, 1.165) is 13.8 Å². The van der Waals surface area contributed by atoms with Crippen LogP contribution in [0.5, 0.6) is 0 Å². The molecule has 0 amide bonds. The van der Waals surface area contributed by atoms with E-state index in [4.69, 9.17) is 18.9 Å². The Morgan fingerprint density at radius 3 is 1.17 bits per heavy atom. The summed E-state index contributed by atoms with van der Waals surface area (Å²) in [6.45, 7) is 2.16. The summed E-state index contributed by atoms with van der Waals surface area (Å²) in [5.41, 5.74) is 0. The van der Waals surface area contributed by atoms with Crippen LogP contribution in [0.25, 0.3) is 0 Å². The third kappa shape index (κ3) is 17.5. The quantitative estimate of drug-likeness (QED) is 0.130. The molecule has 0 radical (unpaired) electrons. The van der Waals surface area contributed by atoms with E-state index in [1.165, 1.54) is 14.2 Å². The molecular formula is C23H36F6O7. The maximum absolute atomic E-state index is 13.0. The summed E-state index contributed by atoms with van der Waals surface area (Å²) in [7, 11) is 2.34. The van der Waals surface area contributed by atoms with Gasteiger partial charge in [-0.05, 0) is 38.5 Å². The Morgan fingerprint density at radius 2 is 0.917 bits per heavy atom. The predicted molar refractivity (Wildman–Crippen MR) is 116 cm³/mol. The monoisotopic (exact) mass is 538 g/mol. The first kappa shape index (κ1) is 34.1.